The van der Waals surface area contributed by atoms with E-state index in [1.807, 2.05) is 38.1 Å². The lowest BCUT2D eigenvalue weighted by Crippen LogP contribution is -2.16. The molecule has 0 aliphatic carbocycles. The lowest BCUT2D eigenvalue weighted by molar-refractivity contribution is 0.600. The Balaban J connectivity index is 2.03. The van der Waals surface area contributed by atoms with Crippen molar-refractivity contribution in [3.63, 3.8) is 0 Å². The number of hydrogen-bond donors (Lipinski definition) is 1. The van der Waals surface area contributed by atoms with Crippen LogP contribution in [0.25, 0.3) is 22.2 Å². The van der Waals surface area contributed by atoms with Crippen LogP contribution < -0.4 is 4.72 Å². The van der Waals surface area contributed by atoms with E-state index < -0.39 is 10.0 Å². The van der Waals surface area contributed by atoms with Crippen molar-refractivity contribution in [3.8, 4) is 17.3 Å². The molecule has 7 heteroatoms. The number of benzene rings is 2. The van der Waals surface area contributed by atoms with Gasteiger partial charge in [-0.05, 0) is 49.6 Å². The van der Waals surface area contributed by atoms with Crippen LogP contribution in [-0.2, 0) is 16.6 Å². The maximum atomic E-state index is 12.0. The minimum Gasteiger partial charge on any atom is -0.340 e. The van der Waals surface area contributed by atoms with Crippen LogP contribution in [-0.4, -0.2) is 24.6 Å². The lowest BCUT2D eigenvalue weighted by atomic mass is 10.1. The third kappa shape index (κ3) is 4.01. The summed E-state index contributed by atoms with van der Waals surface area (Å²) in [6, 6.07) is 15.5. The third-order valence-corrected chi connectivity index (χ3v) is 6.27. The standard InChI is InChI=1S/C21H22ClN3O2S/c1-3-25-20-13-15(2)5-10-18(20)19(14-23)21(25)16-6-8-17(9-7-16)24-28(26,27)12-4-11-22/h5-10,13,24H,3-4,11-12H2,1-2H3. The Morgan fingerprint density at radius 2 is 1.89 bits per heavy atom. The van der Waals surface area contributed by atoms with Crippen LogP contribution in [0, 0.1) is 18.3 Å². The summed E-state index contributed by atoms with van der Waals surface area (Å²) in [5.41, 5.74) is 5.01. The second kappa shape index (κ2) is 8.26. The van der Waals surface area contributed by atoms with Gasteiger partial charge >= 0.3 is 0 Å². The molecular formula is C21H22ClN3O2S. The molecule has 5 nitrogen and oxygen atoms in total. The minimum atomic E-state index is -3.42. The summed E-state index contributed by atoms with van der Waals surface area (Å²) in [4.78, 5) is 0. The number of fused-ring (bicyclic) bond motifs is 1. The Morgan fingerprint density at radius 1 is 1.18 bits per heavy atom. The Bertz CT molecular complexity index is 1140. The molecule has 3 aromatic rings. The van der Waals surface area contributed by atoms with Gasteiger partial charge < -0.3 is 4.57 Å². The number of alkyl halides is 1. The molecule has 1 aromatic heterocycles. The van der Waals surface area contributed by atoms with Gasteiger partial charge in [0.25, 0.3) is 0 Å². The number of aryl methyl sites for hydroxylation is 2. The zero-order valence-electron chi connectivity index (χ0n) is 15.9. The van der Waals surface area contributed by atoms with Gasteiger partial charge in [0.05, 0.1) is 22.5 Å². The van der Waals surface area contributed by atoms with Crippen LogP contribution in [0.2, 0.25) is 0 Å². The zero-order valence-corrected chi connectivity index (χ0v) is 17.4. The fourth-order valence-electron chi connectivity index (χ4n) is 3.37. The van der Waals surface area contributed by atoms with Crippen LogP contribution in [0.1, 0.15) is 24.5 Å². The number of hydrogen-bond acceptors (Lipinski definition) is 3. The first-order chi connectivity index (χ1) is 13.4. The van der Waals surface area contributed by atoms with Gasteiger partial charge in [0.1, 0.15) is 6.07 Å². The quantitative estimate of drug-likeness (QED) is 0.559. The first-order valence-electron chi connectivity index (χ1n) is 9.10. The van der Waals surface area contributed by atoms with Crippen molar-refractivity contribution in [2.75, 3.05) is 16.4 Å². The number of aromatic nitrogens is 1. The van der Waals surface area contributed by atoms with Crippen molar-refractivity contribution in [3.05, 3.63) is 53.6 Å². The first-order valence-corrected chi connectivity index (χ1v) is 11.3. The Morgan fingerprint density at radius 3 is 2.50 bits per heavy atom. The Kier molecular flexibility index (Phi) is 5.97. The van der Waals surface area contributed by atoms with Crippen molar-refractivity contribution < 1.29 is 8.42 Å². The highest BCUT2D eigenvalue weighted by Gasteiger charge is 2.18. The van der Waals surface area contributed by atoms with Crippen molar-refractivity contribution in [2.24, 2.45) is 0 Å². The van der Waals surface area contributed by atoms with Gasteiger partial charge in [-0.2, -0.15) is 5.26 Å². The predicted molar refractivity (Wildman–Crippen MR) is 115 cm³/mol. The van der Waals surface area contributed by atoms with E-state index in [0.717, 1.165) is 34.3 Å². The molecule has 1 heterocycles. The molecule has 0 aliphatic rings. The lowest BCUT2D eigenvalue weighted by Gasteiger charge is -2.11. The van der Waals surface area contributed by atoms with E-state index in [1.54, 1.807) is 12.1 Å². The topological polar surface area (TPSA) is 74.9 Å². The van der Waals surface area contributed by atoms with E-state index in [1.165, 1.54) is 0 Å². The third-order valence-electron chi connectivity index (χ3n) is 4.63. The highest BCUT2D eigenvalue weighted by atomic mass is 35.5. The first kappa shape index (κ1) is 20.2. The average Bonchev–Trinajstić information content (AvgIpc) is 2.99. The van der Waals surface area contributed by atoms with Gasteiger partial charge in [-0.25, -0.2) is 8.42 Å². The molecule has 0 saturated heterocycles. The van der Waals surface area contributed by atoms with Crippen molar-refractivity contribution in [1.29, 1.82) is 5.26 Å². The van der Waals surface area contributed by atoms with E-state index in [2.05, 4.69) is 21.4 Å². The summed E-state index contributed by atoms with van der Waals surface area (Å²) in [6.45, 7) is 4.80. The number of sulfonamides is 1. The molecule has 0 radical (unpaired) electrons. The number of nitrogens with one attached hydrogen (secondary N) is 1. The average molecular weight is 416 g/mol. The monoisotopic (exact) mass is 415 g/mol. The zero-order chi connectivity index (χ0) is 20.3. The summed E-state index contributed by atoms with van der Waals surface area (Å²) in [7, 11) is -3.42. The summed E-state index contributed by atoms with van der Waals surface area (Å²) in [5.74, 6) is 0.290. The molecule has 0 aliphatic heterocycles. The Labute approximate surface area is 170 Å². The maximum Gasteiger partial charge on any atom is 0.232 e. The number of halogens is 1. The predicted octanol–water partition coefficient (Wildman–Crippen LogP) is 4.88. The summed E-state index contributed by atoms with van der Waals surface area (Å²) < 4.78 is 28.8. The van der Waals surface area contributed by atoms with Gasteiger partial charge in [-0.15, -0.1) is 11.6 Å². The summed E-state index contributed by atoms with van der Waals surface area (Å²) in [6.07, 6.45) is 0.399. The van der Waals surface area contributed by atoms with Gasteiger partial charge in [-0.1, -0.05) is 24.3 Å². The molecule has 0 bridgehead atoms. The van der Waals surface area contributed by atoms with Gasteiger partial charge in [0.2, 0.25) is 10.0 Å². The summed E-state index contributed by atoms with van der Waals surface area (Å²) in [5, 5.41) is 10.7. The van der Waals surface area contributed by atoms with Crippen molar-refractivity contribution in [2.45, 2.75) is 26.8 Å². The van der Waals surface area contributed by atoms with Crippen LogP contribution >= 0.6 is 11.6 Å². The van der Waals surface area contributed by atoms with E-state index >= 15 is 0 Å². The molecule has 0 fully saturated rings. The fraction of sp³-hybridized carbons (Fsp3) is 0.286. The molecule has 28 heavy (non-hydrogen) atoms. The van der Waals surface area contributed by atoms with E-state index in [0.29, 0.717) is 23.6 Å². The smallest absolute Gasteiger partial charge is 0.232 e. The largest absolute Gasteiger partial charge is 0.340 e. The van der Waals surface area contributed by atoms with E-state index in [4.69, 9.17) is 11.6 Å². The molecule has 0 spiro atoms. The highest BCUT2D eigenvalue weighted by molar-refractivity contribution is 7.92. The molecule has 1 N–H and O–H groups in total. The highest BCUT2D eigenvalue weighted by Crippen LogP contribution is 2.34. The molecule has 0 amide bonds. The SMILES string of the molecule is CCn1c(-c2ccc(NS(=O)(=O)CCCCl)cc2)c(C#N)c2ccc(C)cc21. The number of rotatable bonds is 7. The number of anilines is 1. The van der Waals surface area contributed by atoms with E-state index in [-0.39, 0.29) is 5.75 Å². The number of nitriles is 1. The second-order valence-electron chi connectivity index (χ2n) is 6.64. The molecule has 2 aromatic carbocycles. The van der Waals surface area contributed by atoms with Crippen LogP contribution in [0.15, 0.2) is 42.5 Å². The molecule has 0 unspecified atom stereocenters. The van der Waals surface area contributed by atoms with Gasteiger partial charge in [0.15, 0.2) is 0 Å². The van der Waals surface area contributed by atoms with Gasteiger partial charge in [-0.3, -0.25) is 4.72 Å². The maximum absolute atomic E-state index is 12.0. The van der Waals surface area contributed by atoms with Crippen molar-refractivity contribution >= 4 is 38.2 Å². The summed E-state index contributed by atoms with van der Waals surface area (Å²) >= 11 is 5.58. The molecule has 3 rings (SSSR count). The molecule has 0 atom stereocenters. The molecular weight excluding hydrogens is 394 g/mol. The van der Waals surface area contributed by atoms with Crippen LogP contribution in [0.5, 0.6) is 0 Å². The normalized spacial score (nSPS) is 11.5. The second-order valence-corrected chi connectivity index (χ2v) is 8.86. The van der Waals surface area contributed by atoms with Crippen LogP contribution in [0.4, 0.5) is 5.69 Å². The number of nitrogens with zero attached hydrogens (tertiary/aromatic N) is 2. The Hall–Kier alpha value is -2.49. The van der Waals surface area contributed by atoms with Gasteiger partial charge in [0, 0.05) is 23.5 Å². The molecule has 0 saturated carbocycles. The fourth-order valence-corrected chi connectivity index (χ4v) is 4.79. The minimum absolute atomic E-state index is 0.0136. The van der Waals surface area contributed by atoms with Crippen LogP contribution in [0.3, 0.4) is 0 Å². The van der Waals surface area contributed by atoms with E-state index in [9.17, 15) is 13.7 Å². The van der Waals surface area contributed by atoms with Crippen molar-refractivity contribution in [1.82, 2.24) is 4.57 Å². The molecule has 146 valence electrons.